The summed E-state index contributed by atoms with van der Waals surface area (Å²) in [6.07, 6.45) is 10.6. The number of carbonyl (C=O) groups is 1. The first-order valence-corrected chi connectivity index (χ1v) is 5.44. The second kappa shape index (κ2) is 5.27. The summed E-state index contributed by atoms with van der Waals surface area (Å²) in [6.45, 7) is 0. The summed E-state index contributed by atoms with van der Waals surface area (Å²) in [7, 11) is 0. The Hall–Kier alpha value is -0.420. The molecule has 1 saturated carbocycles. The highest BCUT2D eigenvalue weighted by molar-refractivity contribution is 8.00. The molecule has 0 aromatic rings. The van der Waals surface area contributed by atoms with Crippen LogP contribution in [0.4, 0.5) is 0 Å². The molecule has 1 aliphatic rings. The fourth-order valence-corrected chi connectivity index (χ4v) is 2.62. The number of hydrogen-bond donors (Lipinski definition) is 0. The Morgan fingerprint density at radius 3 is 2.75 bits per heavy atom. The van der Waals surface area contributed by atoms with Crippen molar-refractivity contribution >= 4 is 17.5 Å². The molecule has 0 amide bonds. The third kappa shape index (κ3) is 3.32. The molecule has 0 N–H and O–H groups in total. The average Bonchev–Trinajstić information content (AvgIpc) is 2.53. The SMILES string of the molecule is C#CCC(=O)CSC1CCCC1. The molecule has 0 radical (unpaired) electrons. The molecule has 0 aromatic carbocycles. The first kappa shape index (κ1) is 9.67. The molecule has 12 heavy (non-hydrogen) atoms. The lowest BCUT2D eigenvalue weighted by atomic mass is 10.3. The van der Waals surface area contributed by atoms with E-state index in [1.807, 2.05) is 0 Å². The molecule has 0 saturated heterocycles. The molecule has 0 unspecified atom stereocenters. The van der Waals surface area contributed by atoms with Gasteiger partial charge in [-0.1, -0.05) is 18.8 Å². The summed E-state index contributed by atoms with van der Waals surface area (Å²) in [5.41, 5.74) is 0. The number of carbonyl (C=O) groups excluding carboxylic acids is 1. The highest BCUT2D eigenvalue weighted by Crippen LogP contribution is 2.29. The average molecular weight is 182 g/mol. The Kier molecular flexibility index (Phi) is 4.24. The minimum atomic E-state index is 0.203. The number of terminal acetylenes is 1. The van der Waals surface area contributed by atoms with E-state index < -0.39 is 0 Å². The summed E-state index contributed by atoms with van der Waals surface area (Å²) in [5, 5.41) is 0.728. The van der Waals surface area contributed by atoms with Crippen molar-refractivity contribution in [1.82, 2.24) is 0 Å². The standard InChI is InChI=1S/C10H14OS/c1-2-5-9(11)8-12-10-6-3-4-7-10/h1,10H,3-8H2. The molecular weight excluding hydrogens is 168 g/mol. The highest BCUT2D eigenvalue weighted by Gasteiger charge is 2.15. The lowest BCUT2D eigenvalue weighted by Gasteiger charge is -2.05. The van der Waals surface area contributed by atoms with E-state index in [0.717, 1.165) is 5.25 Å². The zero-order chi connectivity index (χ0) is 8.81. The van der Waals surface area contributed by atoms with Gasteiger partial charge >= 0.3 is 0 Å². The summed E-state index contributed by atoms with van der Waals surface area (Å²) >= 11 is 1.79. The van der Waals surface area contributed by atoms with Crippen molar-refractivity contribution in [2.75, 3.05) is 5.75 Å². The highest BCUT2D eigenvalue weighted by atomic mass is 32.2. The van der Waals surface area contributed by atoms with Gasteiger partial charge in [-0.3, -0.25) is 4.79 Å². The molecule has 66 valence electrons. The van der Waals surface area contributed by atoms with E-state index in [4.69, 9.17) is 6.42 Å². The number of rotatable bonds is 4. The van der Waals surface area contributed by atoms with Gasteiger partial charge in [0.1, 0.15) is 0 Å². The largest absolute Gasteiger partial charge is 0.298 e. The van der Waals surface area contributed by atoms with Crippen LogP contribution in [0.25, 0.3) is 0 Å². The Morgan fingerprint density at radius 2 is 2.17 bits per heavy atom. The molecule has 1 nitrogen and oxygen atoms in total. The summed E-state index contributed by atoms with van der Waals surface area (Å²) < 4.78 is 0. The number of Topliss-reactive ketones (excluding diaryl/α,β-unsaturated/α-hetero) is 1. The van der Waals surface area contributed by atoms with Gasteiger partial charge in [0.05, 0.1) is 12.2 Å². The van der Waals surface area contributed by atoms with Crippen molar-refractivity contribution in [3.63, 3.8) is 0 Å². The molecular formula is C10H14OS. The van der Waals surface area contributed by atoms with Crippen LogP contribution in [-0.4, -0.2) is 16.8 Å². The van der Waals surface area contributed by atoms with Crippen LogP contribution in [0.3, 0.4) is 0 Å². The van der Waals surface area contributed by atoms with E-state index in [0.29, 0.717) is 12.2 Å². The quantitative estimate of drug-likeness (QED) is 0.620. The molecule has 0 spiro atoms. The van der Waals surface area contributed by atoms with Crippen LogP contribution in [0.2, 0.25) is 0 Å². The fourth-order valence-electron chi connectivity index (χ4n) is 1.43. The van der Waals surface area contributed by atoms with Gasteiger partial charge < -0.3 is 0 Å². The van der Waals surface area contributed by atoms with Gasteiger partial charge in [0.15, 0.2) is 5.78 Å². The van der Waals surface area contributed by atoms with Crippen molar-refractivity contribution in [3.8, 4) is 12.3 Å². The van der Waals surface area contributed by atoms with Crippen LogP contribution in [0, 0.1) is 12.3 Å². The zero-order valence-electron chi connectivity index (χ0n) is 7.21. The van der Waals surface area contributed by atoms with Crippen LogP contribution in [-0.2, 0) is 4.79 Å². The molecule has 1 aliphatic carbocycles. The van der Waals surface area contributed by atoms with Gasteiger partial charge in [-0.05, 0) is 12.8 Å². The van der Waals surface area contributed by atoms with Gasteiger partial charge in [0, 0.05) is 5.25 Å². The minimum Gasteiger partial charge on any atom is -0.298 e. The van der Waals surface area contributed by atoms with Gasteiger partial charge in [0.2, 0.25) is 0 Å². The van der Waals surface area contributed by atoms with E-state index in [1.165, 1.54) is 25.7 Å². The summed E-state index contributed by atoms with van der Waals surface area (Å²) in [5.74, 6) is 3.20. The van der Waals surface area contributed by atoms with Gasteiger partial charge in [-0.15, -0.1) is 6.42 Å². The van der Waals surface area contributed by atoms with Crippen LogP contribution in [0.1, 0.15) is 32.1 Å². The van der Waals surface area contributed by atoms with E-state index >= 15 is 0 Å². The smallest absolute Gasteiger partial charge is 0.154 e. The third-order valence-electron chi connectivity index (χ3n) is 2.08. The normalized spacial score (nSPS) is 17.6. The number of hydrogen-bond acceptors (Lipinski definition) is 2. The predicted octanol–water partition coefficient (Wildman–Crippen LogP) is 2.25. The van der Waals surface area contributed by atoms with Gasteiger partial charge in [-0.25, -0.2) is 0 Å². The van der Waals surface area contributed by atoms with Crippen LogP contribution in [0.5, 0.6) is 0 Å². The second-order valence-corrected chi connectivity index (χ2v) is 4.43. The summed E-state index contributed by atoms with van der Waals surface area (Å²) in [4.78, 5) is 11.0. The van der Waals surface area contributed by atoms with Crippen molar-refractivity contribution < 1.29 is 4.79 Å². The van der Waals surface area contributed by atoms with Crippen molar-refractivity contribution in [3.05, 3.63) is 0 Å². The van der Waals surface area contributed by atoms with Crippen molar-refractivity contribution in [2.24, 2.45) is 0 Å². The van der Waals surface area contributed by atoms with E-state index in [2.05, 4.69) is 5.92 Å². The lowest BCUT2D eigenvalue weighted by molar-refractivity contribution is -0.115. The van der Waals surface area contributed by atoms with Crippen LogP contribution in [0.15, 0.2) is 0 Å². The Bertz CT molecular complexity index is 187. The topological polar surface area (TPSA) is 17.1 Å². The molecule has 0 aromatic heterocycles. The maximum absolute atomic E-state index is 11.0. The monoisotopic (exact) mass is 182 g/mol. The first-order valence-electron chi connectivity index (χ1n) is 4.39. The fraction of sp³-hybridized carbons (Fsp3) is 0.700. The third-order valence-corrected chi connectivity index (χ3v) is 3.51. The second-order valence-electron chi connectivity index (χ2n) is 3.14. The Labute approximate surface area is 78.3 Å². The van der Waals surface area contributed by atoms with E-state index in [1.54, 1.807) is 11.8 Å². The Morgan fingerprint density at radius 1 is 1.50 bits per heavy atom. The zero-order valence-corrected chi connectivity index (χ0v) is 8.03. The lowest BCUT2D eigenvalue weighted by Crippen LogP contribution is -2.04. The molecule has 2 heteroatoms. The van der Waals surface area contributed by atoms with E-state index in [9.17, 15) is 4.79 Å². The summed E-state index contributed by atoms with van der Waals surface area (Å²) in [6, 6.07) is 0. The molecule has 0 atom stereocenters. The molecule has 1 fully saturated rings. The van der Waals surface area contributed by atoms with Crippen molar-refractivity contribution in [1.29, 1.82) is 0 Å². The van der Waals surface area contributed by atoms with E-state index in [-0.39, 0.29) is 5.78 Å². The number of ketones is 1. The van der Waals surface area contributed by atoms with Gasteiger partial charge in [-0.2, -0.15) is 11.8 Å². The molecule has 0 aliphatic heterocycles. The number of thioether (sulfide) groups is 1. The molecule has 0 bridgehead atoms. The predicted molar refractivity (Wildman–Crippen MR) is 53.2 cm³/mol. The van der Waals surface area contributed by atoms with Crippen molar-refractivity contribution in [2.45, 2.75) is 37.4 Å². The maximum atomic E-state index is 11.0. The maximum Gasteiger partial charge on any atom is 0.154 e. The molecule has 0 heterocycles. The minimum absolute atomic E-state index is 0.203. The van der Waals surface area contributed by atoms with Gasteiger partial charge in [0.25, 0.3) is 0 Å². The molecule has 1 rings (SSSR count). The van der Waals surface area contributed by atoms with Crippen LogP contribution < -0.4 is 0 Å². The van der Waals surface area contributed by atoms with Crippen LogP contribution >= 0.6 is 11.8 Å². The Balaban J connectivity index is 2.08. The first-order chi connectivity index (χ1) is 5.83.